The second kappa shape index (κ2) is 4.82. The molecule has 1 fully saturated rings. The lowest BCUT2D eigenvalue weighted by molar-refractivity contribution is -0.123. The molecule has 6 heteroatoms. The zero-order chi connectivity index (χ0) is 12.3. The number of nitrogens with one attached hydrogen (secondary N) is 2. The topological polar surface area (TPSA) is 91.3 Å². The van der Waals surface area contributed by atoms with E-state index in [1.54, 1.807) is 12.1 Å². The van der Waals surface area contributed by atoms with Crippen molar-refractivity contribution in [2.45, 2.75) is 18.9 Å². The smallest absolute Gasteiger partial charge is 0.354 e. The van der Waals surface area contributed by atoms with Crippen molar-refractivity contribution in [3.63, 3.8) is 0 Å². The van der Waals surface area contributed by atoms with Gasteiger partial charge in [-0.2, -0.15) is 0 Å². The van der Waals surface area contributed by atoms with Crippen molar-refractivity contribution in [1.82, 2.24) is 10.3 Å². The highest BCUT2D eigenvalue weighted by molar-refractivity contribution is 5.87. The minimum atomic E-state index is -1.08. The molecule has 0 aromatic carbocycles. The molecule has 1 aromatic heterocycles. The van der Waals surface area contributed by atoms with Crippen LogP contribution in [-0.4, -0.2) is 34.6 Å². The normalized spacial score (nSPS) is 19.5. The van der Waals surface area contributed by atoms with Crippen molar-refractivity contribution >= 4 is 17.7 Å². The first-order chi connectivity index (χ1) is 8.16. The molecule has 3 N–H and O–H groups in total. The summed E-state index contributed by atoms with van der Waals surface area (Å²) >= 11 is 0. The number of aromatic carboxylic acids is 1. The molecular formula is C11H13N3O3. The van der Waals surface area contributed by atoms with Crippen molar-refractivity contribution in [3.05, 3.63) is 23.9 Å². The van der Waals surface area contributed by atoms with Gasteiger partial charge in [0, 0.05) is 6.54 Å². The molecule has 1 saturated heterocycles. The summed E-state index contributed by atoms with van der Waals surface area (Å²) in [5, 5.41) is 14.5. The quantitative estimate of drug-likeness (QED) is 0.708. The maximum absolute atomic E-state index is 11.5. The molecule has 0 spiro atoms. The van der Waals surface area contributed by atoms with Gasteiger partial charge in [-0.3, -0.25) is 4.79 Å². The van der Waals surface area contributed by atoms with Crippen LogP contribution in [0.1, 0.15) is 23.3 Å². The van der Waals surface area contributed by atoms with Crippen LogP contribution in [0.4, 0.5) is 5.82 Å². The lowest BCUT2D eigenvalue weighted by Crippen LogP contribution is -2.44. The lowest BCUT2D eigenvalue weighted by Gasteiger charge is -2.23. The number of carboxylic acid groups (broad SMARTS) is 1. The molecule has 0 bridgehead atoms. The van der Waals surface area contributed by atoms with Crippen LogP contribution >= 0.6 is 0 Å². The van der Waals surface area contributed by atoms with Crippen LogP contribution in [0, 0.1) is 0 Å². The monoisotopic (exact) mass is 235 g/mol. The average Bonchev–Trinajstić information content (AvgIpc) is 2.32. The Kier molecular flexibility index (Phi) is 3.22. The maximum Gasteiger partial charge on any atom is 0.354 e. The van der Waals surface area contributed by atoms with E-state index in [4.69, 9.17) is 5.11 Å². The van der Waals surface area contributed by atoms with Gasteiger partial charge in [-0.15, -0.1) is 0 Å². The number of hydrogen-bond donors (Lipinski definition) is 3. The molecule has 2 rings (SSSR count). The van der Waals surface area contributed by atoms with Gasteiger partial charge in [-0.1, -0.05) is 6.07 Å². The first-order valence-electron chi connectivity index (χ1n) is 5.41. The minimum Gasteiger partial charge on any atom is -0.477 e. The van der Waals surface area contributed by atoms with E-state index in [1.807, 2.05) is 0 Å². The molecule has 0 saturated carbocycles. The summed E-state index contributed by atoms with van der Waals surface area (Å²) in [5.74, 6) is -0.743. The Labute approximate surface area is 98.1 Å². The van der Waals surface area contributed by atoms with Crippen LogP contribution in [0.2, 0.25) is 0 Å². The second-order valence-electron chi connectivity index (χ2n) is 3.84. The Morgan fingerprint density at radius 1 is 1.53 bits per heavy atom. The Morgan fingerprint density at radius 2 is 2.35 bits per heavy atom. The van der Waals surface area contributed by atoms with E-state index in [0.29, 0.717) is 12.4 Å². The molecule has 0 aliphatic carbocycles. The molecule has 1 aliphatic heterocycles. The predicted molar refractivity (Wildman–Crippen MR) is 60.9 cm³/mol. The molecule has 1 atom stereocenters. The van der Waals surface area contributed by atoms with E-state index in [9.17, 15) is 9.59 Å². The number of hydrogen-bond acceptors (Lipinski definition) is 4. The summed E-state index contributed by atoms with van der Waals surface area (Å²) < 4.78 is 0. The maximum atomic E-state index is 11.5. The van der Waals surface area contributed by atoms with E-state index < -0.39 is 5.97 Å². The van der Waals surface area contributed by atoms with Gasteiger partial charge in [0.15, 0.2) is 5.69 Å². The Bertz CT molecular complexity index is 447. The number of anilines is 1. The Morgan fingerprint density at radius 3 is 3.06 bits per heavy atom. The van der Waals surface area contributed by atoms with Gasteiger partial charge in [0.05, 0.1) is 0 Å². The van der Waals surface area contributed by atoms with Crippen molar-refractivity contribution in [1.29, 1.82) is 0 Å². The second-order valence-corrected chi connectivity index (χ2v) is 3.84. The van der Waals surface area contributed by atoms with Crippen LogP contribution < -0.4 is 10.6 Å². The van der Waals surface area contributed by atoms with Gasteiger partial charge in [0.25, 0.3) is 0 Å². The number of nitrogens with zero attached hydrogens (tertiary/aromatic N) is 1. The summed E-state index contributed by atoms with van der Waals surface area (Å²) in [7, 11) is 0. The highest BCUT2D eigenvalue weighted by atomic mass is 16.4. The summed E-state index contributed by atoms with van der Waals surface area (Å²) in [5.41, 5.74) is -0.0359. The Balaban J connectivity index is 2.09. The van der Waals surface area contributed by atoms with Gasteiger partial charge in [-0.05, 0) is 25.0 Å². The lowest BCUT2D eigenvalue weighted by atomic mass is 10.1. The van der Waals surface area contributed by atoms with E-state index in [2.05, 4.69) is 15.6 Å². The molecule has 1 aliphatic rings. The van der Waals surface area contributed by atoms with Crippen molar-refractivity contribution in [3.8, 4) is 0 Å². The first-order valence-corrected chi connectivity index (χ1v) is 5.41. The van der Waals surface area contributed by atoms with Gasteiger partial charge in [0.1, 0.15) is 11.9 Å². The van der Waals surface area contributed by atoms with Gasteiger partial charge in [0.2, 0.25) is 5.91 Å². The molecule has 6 nitrogen and oxygen atoms in total. The van der Waals surface area contributed by atoms with Crippen LogP contribution in [0.15, 0.2) is 18.2 Å². The standard InChI is InChI=1S/C11H13N3O3/c15-10-7(4-2-6-12-10)13-9-5-1-3-8(14-9)11(16)17/h1,3,5,7H,2,4,6H2,(H,12,15)(H,13,14)(H,16,17). The molecule has 1 aromatic rings. The molecular weight excluding hydrogens is 222 g/mol. The molecule has 1 amide bonds. The first kappa shape index (κ1) is 11.4. The summed E-state index contributed by atoms with van der Waals surface area (Å²) in [6.45, 7) is 0.694. The van der Waals surface area contributed by atoms with Crippen LogP contribution in [0.5, 0.6) is 0 Å². The predicted octanol–water partition coefficient (Wildman–Crippen LogP) is 0.470. The van der Waals surface area contributed by atoms with E-state index in [0.717, 1.165) is 12.8 Å². The third-order valence-electron chi connectivity index (χ3n) is 2.58. The number of rotatable bonds is 3. The molecule has 0 radical (unpaired) electrons. The van der Waals surface area contributed by atoms with Crippen molar-refractivity contribution in [2.24, 2.45) is 0 Å². The molecule has 2 heterocycles. The summed E-state index contributed by atoms with van der Waals surface area (Å²) in [6.07, 6.45) is 1.63. The SMILES string of the molecule is O=C(O)c1cccc(NC2CCCNC2=O)n1. The van der Waals surface area contributed by atoms with Crippen molar-refractivity contribution < 1.29 is 14.7 Å². The summed E-state index contributed by atoms with van der Waals surface area (Å²) in [6, 6.07) is 4.32. The fraction of sp³-hybridized carbons (Fsp3) is 0.364. The third-order valence-corrected chi connectivity index (χ3v) is 2.58. The fourth-order valence-electron chi connectivity index (χ4n) is 1.72. The van der Waals surface area contributed by atoms with E-state index in [-0.39, 0.29) is 17.6 Å². The largest absolute Gasteiger partial charge is 0.477 e. The number of carboxylic acids is 1. The van der Waals surface area contributed by atoms with E-state index >= 15 is 0 Å². The highest BCUT2D eigenvalue weighted by Crippen LogP contribution is 2.11. The van der Waals surface area contributed by atoms with Gasteiger partial charge in [-0.25, -0.2) is 9.78 Å². The number of carbonyl (C=O) groups is 2. The van der Waals surface area contributed by atoms with Crippen LogP contribution in [0.3, 0.4) is 0 Å². The van der Waals surface area contributed by atoms with Gasteiger partial charge < -0.3 is 15.7 Å². The van der Waals surface area contributed by atoms with Gasteiger partial charge >= 0.3 is 5.97 Å². The average molecular weight is 235 g/mol. The zero-order valence-electron chi connectivity index (χ0n) is 9.14. The number of amides is 1. The van der Waals surface area contributed by atoms with Crippen molar-refractivity contribution in [2.75, 3.05) is 11.9 Å². The third kappa shape index (κ3) is 2.72. The van der Waals surface area contributed by atoms with E-state index in [1.165, 1.54) is 6.07 Å². The number of piperidine rings is 1. The number of aromatic nitrogens is 1. The highest BCUT2D eigenvalue weighted by Gasteiger charge is 2.22. The minimum absolute atomic E-state index is 0.0359. The Hall–Kier alpha value is -2.11. The zero-order valence-corrected chi connectivity index (χ0v) is 9.14. The van der Waals surface area contributed by atoms with Crippen LogP contribution in [-0.2, 0) is 4.79 Å². The molecule has 90 valence electrons. The summed E-state index contributed by atoms with van der Waals surface area (Å²) in [4.78, 5) is 26.2. The number of pyridine rings is 1. The van der Waals surface area contributed by atoms with Crippen LogP contribution in [0.25, 0.3) is 0 Å². The number of carbonyl (C=O) groups excluding carboxylic acids is 1. The molecule has 17 heavy (non-hydrogen) atoms. The molecule has 1 unspecified atom stereocenters. The fourth-order valence-corrected chi connectivity index (χ4v) is 1.72.